The first-order valence-corrected chi connectivity index (χ1v) is 9.58. The molecular weight excluding hydrogens is 348 g/mol. The first kappa shape index (κ1) is 25.7. The third-order valence-electron chi connectivity index (χ3n) is 3.14. The van der Waals surface area contributed by atoms with Gasteiger partial charge in [-0.05, 0) is 48.1 Å². The molecule has 160 valence electrons. The second-order valence-corrected chi connectivity index (χ2v) is 8.34. The first-order chi connectivity index (χ1) is 12.4. The molecule has 0 aliphatic heterocycles. The van der Waals surface area contributed by atoms with Crippen molar-refractivity contribution in [2.24, 2.45) is 0 Å². The summed E-state index contributed by atoms with van der Waals surface area (Å²) in [5, 5.41) is 3.31. The van der Waals surface area contributed by atoms with Crippen LogP contribution < -0.4 is 5.32 Å². The van der Waals surface area contributed by atoms with Crippen LogP contribution in [0.5, 0.6) is 0 Å². The Kier molecular flexibility index (Phi) is 12.3. The van der Waals surface area contributed by atoms with Gasteiger partial charge in [0.15, 0.2) is 5.88 Å². The lowest BCUT2D eigenvalue weighted by atomic mass is 10.2. The third-order valence-corrected chi connectivity index (χ3v) is 3.14. The highest BCUT2D eigenvalue weighted by Gasteiger charge is 2.16. The summed E-state index contributed by atoms with van der Waals surface area (Å²) in [4.78, 5) is 13.5. The SMILES string of the molecule is C=C(OC(C)(C)C)N(C)CCNCCOCCOCCC(=O)OC(C)(C)C. The van der Waals surface area contributed by atoms with E-state index in [1.165, 1.54) is 0 Å². The molecule has 0 atom stereocenters. The standard InChI is InChI=1S/C20H40N2O5/c1-17(26-19(2,3)4)22(8)12-10-21-11-14-25-16-15-24-13-9-18(23)27-20(5,6)7/h21H,1,9-16H2,2-8H3. The van der Waals surface area contributed by atoms with Crippen molar-refractivity contribution in [3.63, 3.8) is 0 Å². The number of carbonyl (C=O) groups excluding carboxylic acids is 1. The molecule has 1 N–H and O–H groups in total. The highest BCUT2D eigenvalue weighted by atomic mass is 16.6. The van der Waals surface area contributed by atoms with E-state index in [-0.39, 0.29) is 18.0 Å². The van der Waals surface area contributed by atoms with E-state index in [2.05, 4.69) is 11.9 Å². The van der Waals surface area contributed by atoms with Crippen LogP contribution in [0, 0.1) is 0 Å². The number of hydrogen-bond acceptors (Lipinski definition) is 7. The summed E-state index contributed by atoms with van der Waals surface area (Å²) in [5.74, 6) is 0.428. The molecule has 0 aromatic carbocycles. The molecule has 0 rings (SSSR count). The Bertz CT molecular complexity index is 427. The first-order valence-electron chi connectivity index (χ1n) is 9.58. The van der Waals surface area contributed by atoms with Gasteiger partial charge in [0.1, 0.15) is 11.2 Å². The lowest BCUT2D eigenvalue weighted by molar-refractivity contribution is -0.156. The largest absolute Gasteiger partial charge is 0.474 e. The number of likely N-dealkylation sites (N-methyl/N-ethyl adjacent to an activating group) is 1. The average molecular weight is 389 g/mol. The Morgan fingerprint density at radius 3 is 2.00 bits per heavy atom. The molecule has 0 saturated heterocycles. The molecule has 0 aromatic heterocycles. The molecule has 0 aromatic rings. The van der Waals surface area contributed by atoms with Crippen molar-refractivity contribution >= 4 is 5.97 Å². The number of nitrogens with one attached hydrogen (secondary N) is 1. The second-order valence-electron chi connectivity index (χ2n) is 8.34. The van der Waals surface area contributed by atoms with Gasteiger partial charge in [-0.25, -0.2) is 0 Å². The zero-order valence-corrected chi connectivity index (χ0v) is 18.4. The minimum absolute atomic E-state index is 0.235. The van der Waals surface area contributed by atoms with Crippen LogP contribution in [-0.4, -0.2) is 75.2 Å². The van der Waals surface area contributed by atoms with Gasteiger partial charge in [0.25, 0.3) is 0 Å². The Balaban J connectivity index is 3.46. The number of esters is 1. The highest BCUT2D eigenvalue weighted by molar-refractivity contribution is 5.69. The lowest BCUT2D eigenvalue weighted by Crippen LogP contribution is -2.33. The summed E-state index contributed by atoms with van der Waals surface area (Å²) in [7, 11) is 1.96. The minimum Gasteiger partial charge on any atom is -0.474 e. The van der Waals surface area contributed by atoms with Crippen LogP contribution in [0.3, 0.4) is 0 Å². The van der Waals surface area contributed by atoms with Gasteiger partial charge in [-0.15, -0.1) is 0 Å². The van der Waals surface area contributed by atoms with Gasteiger partial charge in [0.05, 0.1) is 32.8 Å². The Morgan fingerprint density at radius 2 is 1.44 bits per heavy atom. The summed E-state index contributed by atoms with van der Waals surface area (Å²) in [6.07, 6.45) is 0.260. The molecule has 0 spiro atoms. The summed E-state index contributed by atoms with van der Waals surface area (Å²) in [5.41, 5.74) is -0.684. The molecule has 0 aliphatic carbocycles. The van der Waals surface area contributed by atoms with Crippen LogP contribution in [0.2, 0.25) is 0 Å². The van der Waals surface area contributed by atoms with E-state index in [9.17, 15) is 4.79 Å². The van der Waals surface area contributed by atoms with E-state index < -0.39 is 5.60 Å². The van der Waals surface area contributed by atoms with Gasteiger partial charge in [-0.1, -0.05) is 0 Å². The van der Waals surface area contributed by atoms with Gasteiger partial charge in [0, 0.05) is 26.7 Å². The summed E-state index contributed by atoms with van der Waals surface area (Å²) in [6, 6.07) is 0. The molecule has 0 heterocycles. The molecule has 0 saturated carbocycles. The molecular formula is C20H40N2O5. The van der Waals surface area contributed by atoms with E-state index in [0.29, 0.717) is 32.3 Å². The lowest BCUT2D eigenvalue weighted by Gasteiger charge is -2.29. The van der Waals surface area contributed by atoms with Gasteiger partial charge in [0.2, 0.25) is 0 Å². The van der Waals surface area contributed by atoms with Crippen molar-refractivity contribution in [2.75, 3.05) is 53.1 Å². The van der Waals surface area contributed by atoms with Crippen LogP contribution in [0.25, 0.3) is 0 Å². The molecule has 0 radical (unpaired) electrons. The molecule has 0 unspecified atom stereocenters. The van der Waals surface area contributed by atoms with Crippen molar-refractivity contribution in [3.05, 3.63) is 12.5 Å². The summed E-state index contributed by atoms with van der Waals surface area (Å²) in [6.45, 7) is 19.8. The topological polar surface area (TPSA) is 69.3 Å². The summed E-state index contributed by atoms with van der Waals surface area (Å²) >= 11 is 0. The maximum atomic E-state index is 11.5. The zero-order valence-electron chi connectivity index (χ0n) is 18.4. The van der Waals surface area contributed by atoms with Crippen molar-refractivity contribution in [1.82, 2.24) is 10.2 Å². The van der Waals surface area contributed by atoms with Crippen molar-refractivity contribution in [1.29, 1.82) is 0 Å². The average Bonchev–Trinajstić information content (AvgIpc) is 2.48. The smallest absolute Gasteiger partial charge is 0.308 e. The van der Waals surface area contributed by atoms with Crippen LogP contribution in [0.4, 0.5) is 0 Å². The van der Waals surface area contributed by atoms with Crippen LogP contribution >= 0.6 is 0 Å². The monoisotopic (exact) mass is 388 g/mol. The fourth-order valence-electron chi connectivity index (χ4n) is 1.94. The van der Waals surface area contributed by atoms with Gasteiger partial charge < -0.3 is 29.2 Å². The van der Waals surface area contributed by atoms with Gasteiger partial charge in [-0.2, -0.15) is 0 Å². The van der Waals surface area contributed by atoms with Gasteiger partial charge in [-0.3, -0.25) is 4.79 Å². The van der Waals surface area contributed by atoms with E-state index >= 15 is 0 Å². The molecule has 0 aliphatic rings. The number of nitrogens with zero attached hydrogens (tertiary/aromatic N) is 1. The summed E-state index contributed by atoms with van der Waals surface area (Å²) < 4.78 is 21.8. The van der Waals surface area contributed by atoms with E-state index in [1.54, 1.807) is 0 Å². The fraction of sp³-hybridized carbons (Fsp3) is 0.850. The van der Waals surface area contributed by atoms with E-state index in [4.69, 9.17) is 18.9 Å². The normalized spacial score (nSPS) is 12.0. The molecule has 7 nitrogen and oxygen atoms in total. The number of hydrogen-bond donors (Lipinski definition) is 1. The second kappa shape index (κ2) is 13.0. The van der Waals surface area contributed by atoms with Crippen LogP contribution in [0.15, 0.2) is 12.5 Å². The minimum atomic E-state index is -0.450. The Hall–Kier alpha value is -1.31. The van der Waals surface area contributed by atoms with E-state index in [1.807, 2.05) is 53.5 Å². The molecule has 7 heteroatoms. The number of ether oxygens (including phenoxy) is 4. The molecule has 0 fully saturated rings. The van der Waals surface area contributed by atoms with Gasteiger partial charge >= 0.3 is 5.97 Å². The van der Waals surface area contributed by atoms with Crippen LogP contribution in [-0.2, 0) is 23.7 Å². The molecule has 0 amide bonds. The predicted molar refractivity (Wildman–Crippen MR) is 108 cm³/mol. The predicted octanol–water partition coefficient (Wildman–Crippen LogP) is 2.56. The van der Waals surface area contributed by atoms with Crippen molar-refractivity contribution < 1.29 is 23.7 Å². The quantitative estimate of drug-likeness (QED) is 0.279. The number of carbonyl (C=O) groups is 1. The fourth-order valence-corrected chi connectivity index (χ4v) is 1.94. The molecule has 0 bridgehead atoms. The highest BCUT2D eigenvalue weighted by Crippen LogP contribution is 2.13. The van der Waals surface area contributed by atoms with Crippen LogP contribution in [0.1, 0.15) is 48.0 Å². The maximum absolute atomic E-state index is 11.5. The molecule has 27 heavy (non-hydrogen) atoms. The van der Waals surface area contributed by atoms with Crippen molar-refractivity contribution in [2.45, 2.75) is 59.2 Å². The zero-order chi connectivity index (χ0) is 20.9. The van der Waals surface area contributed by atoms with Crippen molar-refractivity contribution in [3.8, 4) is 0 Å². The Labute approximate surface area is 165 Å². The third kappa shape index (κ3) is 17.8. The van der Waals surface area contributed by atoms with E-state index in [0.717, 1.165) is 19.6 Å². The maximum Gasteiger partial charge on any atom is 0.308 e. The Morgan fingerprint density at radius 1 is 0.889 bits per heavy atom. The number of rotatable bonds is 14.